The van der Waals surface area contributed by atoms with E-state index < -0.39 is 18.5 Å². The lowest BCUT2D eigenvalue weighted by atomic mass is 10.3. The van der Waals surface area contributed by atoms with Gasteiger partial charge in [-0.2, -0.15) is 0 Å². The van der Waals surface area contributed by atoms with Crippen molar-refractivity contribution in [3.63, 3.8) is 0 Å². The summed E-state index contributed by atoms with van der Waals surface area (Å²) >= 11 is 0. The number of carbonyl (C=O) groups excluding carboxylic acids is 2. The second-order valence-corrected chi connectivity index (χ2v) is 1.75. The fourth-order valence-corrected chi connectivity index (χ4v) is 0.414. The number of hydrogen-bond acceptors (Lipinski definition) is 4. The highest BCUT2D eigenvalue weighted by molar-refractivity contribution is 5.85. The Bertz CT molecular complexity index is 130. The summed E-state index contributed by atoms with van der Waals surface area (Å²) in [6.07, 6.45) is 0.850. The van der Waals surface area contributed by atoms with Crippen molar-refractivity contribution in [1.29, 1.82) is 0 Å². The molecule has 0 aromatic heterocycles. The summed E-state index contributed by atoms with van der Waals surface area (Å²) in [6.45, 7) is 1.06. The highest BCUT2D eigenvalue weighted by atomic mass is 16.6. The van der Waals surface area contributed by atoms with E-state index in [0.29, 0.717) is 6.42 Å². The van der Waals surface area contributed by atoms with Crippen molar-refractivity contribution in [1.82, 2.24) is 0 Å². The van der Waals surface area contributed by atoms with Gasteiger partial charge in [0, 0.05) is 6.42 Å². The molecule has 10 heavy (non-hydrogen) atoms. The van der Waals surface area contributed by atoms with Crippen LogP contribution in [0.5, 0.6) is 0 Å². The number of esters is 2. The summed E-state index contributed by atoms with van der Waals surface area (Å²) in [5, 5.41) is 8.13. The minimum Gasteiger partial charge on any atom is -0.391 e. The first-order valence-corrected chi connectivity index (χ1v) is 3.05. The van der Waals surface area contributed by atoms with E-state index in [1.165, 1.54) is 0 Å². The lowest BCUT2D eigenvalue weighted by Gasteiger charge is -1.96. The second-order valence-electron chi connectivity index (χ2n) is 1.75. The smallest absolute Gasteiger partial charge is 0.339 e. The highest BCUT2D eigenvalue weighted by Gasteiger charge is 2.06. The van der Waals surface area contributed by atoms with Crippen molar-refractivity contribution in [2.24, 2.45) is 0 Å². The Morgan fingerprint density at radius 1 is 1.40 bits per heavy atom. The highest BCUT2D eigenvalue weighted by Crippen LogP contribution is 1.90. The van der Waals surface area contributed by atoms with Crippen LogP contribution in [0.4, 0.5) is 0 Å². The maximum absolute atomic E-state index is 10.5. The van der Waals surface area contributed by atoms with E-state index in [1.807, 2.05) is 0 Å². The molecule has 1 N–H and O–H groups in total. The molecule has 58 valence electrons. The molecule has 0 aromatic carbocycles. The maximum atomic E-state index is 10.5. The maximum Gasteiger partial charge on any atom is 0.339 e. The summed E-state index contributed by atoms with van der Waals surface area (Å²) in [4.78, 5) is 20.7. The lowest BCUT2D eigenvalue weighted by molar-refractivity contribution is -0.161. The van der Waals surface area contributed by atoms with Crippen LogP contribution < -0.4 is 0 Å². The molecule has 0 bridgehead atoms. The van der Waals surface area contributed by atoms with Gasteiger partial charge in [-0.05, 0) is 6.42 Å². The topological polar surface area (TPSA) is 63.6 Å². The number of carbonyl (C=O) groups is 2. The van der Waals surface area contributed by atoms with Gasteiger partial charge in [-0.15, -0.1) is 0 Å². The molecule has 0 spiro atoms. The third-order valence-electron chi connectivity index (χ3n) is 0.811. The van der Waals surface area contributed by atoms with E-state index in [2.05, 4.69) is 4.74 Å². The molecule has 0 amide bonds. The molecule has 0 unspecified atom stereocenters. The number of aliphatic hydroxyl groups is 1. The Balaban J connectivity index is 3.47. The Labute approximate surface area is 58.8 Å². The van der Waals surface area contributed by atoms with Crippen LogP contribution in [0.2, 0.25) is 0 Å². The van der Waals surface area contributed by atoms with Crippen LogP contribution in [-0.4, -0.2) is 23.7 Å². The minimum absolute atomic E-state index is 0.214. The first-order valence-electron chi connectivity index (χ1n) is 3.05. The third-order valence-corrected chi connectivity index (χ3v) is 0.811. The Morgan fingerprint density at radius 3 is 2.40 bits per heavy atom. The van der Waals surface area contributed by atoms with Crippen molar-refractivity contribution in [3.05, 3.63) is 0 Å². The third kappa shape index (κ3) is 4.03. The molecular formula is C6H10O4. The predicted octanol–water partition coefficient (Wildman–Crippen LogP) is -0.151. The minimum atomic E-state index is -0.890. The standard InChI is InChI=1S/C6H10O4/c1-2-3-5(8)10-6(9)4-7/h7H,2-4H2,1H3. The molecule has 0 atom stereocenters. The van der Waals surface area contributed by atoms with Gasteiger partial charge in [0.15, 0.2) is 0 Å². The van der Waals surface area contributed by atoms with E-state index in [4.69, 9.17) is 5.11 Å². The molecule has 0 radical (unpaired) electrons. The molecule has 0 saturated heterocycles. The second kappa shape index (κ2) is 4.93. The molecule has 0 fully saturated rings. The summed E-state index contributed by atoms with van der Waals surface area (Å²) in [7, 11) is 0. The van der Waals surface area contributed by atoms with Gasteiger partial charge in [0.2, 0.25) is 0 Å². The lowest BCUT2D eigenvalue weighted by Crippen LogP contribution is -2.14. The summed E-state index contributed by atoms with van der Waals surface area (Å²) in [6, 6.07) is 0. The van der Waals surface area contributed by atoms with E-state index in [-0.39, 0.29) is 6.42 Å². The largest absolute Gasteiger partial charge is 0.391 e. The van der Waals surface area contributed by atoms with Crippen LogP contribution in [0.1, 0.15) is 19.8 Å². The molecule has 0 aliphatic rings. The fraction of sp³-hybridized carbons (Fsp3) is 0.667. The summed E-state index contributed by atoms with van der Waals surface area (Å²) in [5.74, 6) is -1.47. The zero-order chi connectivity index (χ0) is 7.98. The summed E-state index contributed by atoms with van der Waals surface area (Å²) < 4.78 is 4.11. The van der Waals surface area contributed by atoms with Gasteiger partial charge in [0.1, 0.15) is 6.61 Å². The molecule has 0 heterocycles. The van der Waals surface area contributed by atoms with Gasteiger partial charge in [0.05, 0.1) is 0 Å². The average Bonchev–Trinajstić information content (AvgIpc) is 1.88. The van der Waals surface area contributed by atoms with Gasteiger partial charge in [-0.1, -0.05) is 6.92 Å². The van der Waals surface area contributed by atoms with Gasteiger partial charge in [-0.3, -0.25) is 4.79 Å². The number of hydrogen-bond donors (Lipinski definition) is 1. The van der Waals surface area contributed by atoms with Gasteiger partial charge in [0.25, 0.3) is 0 Å². The van der Waals surface area contributed by atoms with Gasteiger partial charge in [-0.25, -0.2) is 4.79 Å². The molecular weight excluding hydrogens is 136 g/mol. The van der Waals surface area contributed by atoms with Crippen molar-refractivity contribution >= 4 is 11.9 Å². The molecule has 4 nitrogen and oxygen atoms in total. The van der Waals surface area contributed by atoms with Crippen molar-refractivity contribution in [2.45, 2.75) is 19.8 Å². The van der Waals surface area contributed by atoms with E-state index in [0.717, 1.165) is 0 Å². The summed E-state index contributed by atoms with van der Waals surface area (Å²) in [5.41, 5.74) is 0. The first kappa shape index (κ1) is 9.10. The number of rotatable bonds is 3. The van der Waals surface area contributed by atoms with Crippen LogP contribution >= 0.6 is 0 Å². The van der Waals surface area contributed by atoms with E-state index >= 15 is 0 Å². The van der Waals surface area contributed by atoms with Crippen LogP contribution in [-0.2, 0) is 14.3 Å². The van der Waals surface area contributed by atoms with E-state index in [1.54, 1.807) is 6.92 Å². The van der Waals surface area contributed by atoms with Gasteiger partial charge < -0.3 is 9.84 Å². The molecule has 0 aromatic rings. The Kier molecular flexibility index (Phi) is 4.49. The average molecular weight is 146 g/mol. The quantitative estimate of drug-likeness (QED) is 0.444. The van der Waals surface area contributed by atoms with E-state index in [9.17, 15) is 9.59 Å². The Morgan fingerprint density at radius 2 is 2.00 bits per heavy atom. The zero-order valence-corrected chi connectivity index (χ0v) is 5.79. The molecule has 0 aliphatic carbocycles. The van der Waals surface area contributed by atoms with Crippen LogP contribution in [0.3, 0.4) is 0 Å². The van der Waals surface area contributed by atoms with Crippen molar-refractivity contribution in [2.75, 3.05) is 6.61 Å². The first-order chi connectivity index (χ1) is 4.70. The van der Waals surface area contributed by atoms with Crippen molar-refractivity contribution < 1.29 is 19.4 Å². The normalized spacial score (nSPS) is 9.00. The van der Waals surface area contributed by atoms with Crippen LogP contribution in [0, 0.1) is 0 Å². The molecule has 4 heteroatoms. The molecule has 0 saturated carbocycles. The molecule has 0 aliphatic heterocycles. The zero-order valence-electron chi connectivity index (χ0n) is 5.79. The fourth-order valence-electron chi connectivity index (χ4n) is 0.414. The number of aliphatic hydroxyl groups excluding tert-OH is 1. The van der Waals surface area contributed by atoms with Crippen LogP contribution in [0.15, 0.2) is 0 Å². The SMILES string of the molecule is CCCC(=O)OC(=O)CO. The van der Waals surface area contributed by atoms with Gasteiger partial charge >= 0.3 is 11.9 Å². The molecule has 0 rings (SSSR count). The van der Waals surface area contributed by atoms with Crippen molar-refractivity contribution in [3.8, 4) is 0 Å². The monoisotopic (exact) mass is 146 g/mol. The Hall–Kier alpha value is -0.900. The van der Waals surface area contributed by atoms with Crippen LogP contribution in [0.25, 0.3) is 0 Å². The number of ether oxygens (including phenoxy) is 1. The predicted molar refractivity (Wildman–Crippen MR) is 33.1 cm³/mol.